The van der Waals surface area contributed by atoms with Crippen LogP contribution in [0.25, 0.3) is 16.8 Å². The van der Waals surface area contributed by atoms with Crippen molar-refractivity contribution in [2.75, 3.05) is 39.1 Å². The first kappa shape index (κ1) is 31.8. The van der Waals surface area contributed by atoms with E-state index in [1.807, 2.05) is 19.0 Å². The molecule has 0 spiro atoms. The minimum atomic E-state index is -4.21. The van der Waals surface area contributed by atoms with Crippen LogP contribution in [0.4, 0.5) is 10.1 Å². The third kappa shape index (κ3) is 8.15. The van der Waals surface area contributed by atoms with Gasteiger partial charge in [0, 0.05) is 30.1 Å². The fourth-order valence-electron chi connectivity index (χ4n) is 3.41. The van der Waals surface area contributed by atoms with Crippen molar-refractivity contribution in [3.8, 4) is 22.8 Å². The van der Waals surface area contributed by atoms with Crippen LogP contribution < -0.4 is 19.8 Å². The number of hydrogen-bond donors (Lipinski definition) is 1. The van der Waals surface area contributed by atoms with Crippen LogP contribution in [0.5, 0.6) is 11.6 Å². The number of likely N-dealkylation sites (N-methyl/N-ethyl adjacent to an activating group) is 1. The maximum absolute atomic E-state index is 13.4. The third-order valence-corrected chi connectivity index (χ3v) is 7.62. The number of halogens is 2. The van der Waals surface area contributed by atoms with Crippen LogP contribution in [0.15, 0.2) is 64.7 Å². The average Bonchev–Trinajstić information content (AvgIpc) is 2.93. The molecule has 0 aliphatic carbocycles. The maximum atomic E-state index is 13.4. The molecule has 0 fully saturated rings. The lowest BCUT2D eigenvalue weighted by Gasteiger charge is -2.14. The summed E-state index contributed by atoms with van der Waals surface area (Å²) in [5.41, 5.74) is 1.07. The fraction of sp³-hybridized carbons (Fsp3) is 0.321. The Hall–Kier alpha value is -3.74. The molecular formula is C28H33ClFN5O5S. The highest BCUT2D eigenvalue weighted by Crippen LogP contribution is 2.31. The van der Waals surface area contributed by atoms with E-state index in [0.717, 1.165) is 18.2 Å². The molecule has 0 radical (unpaired) electrons. The van der Waals surface area contributed by atoms with Crippen molar-refractivity contribution in [3.63, 3.8) is 0 Å². The predicted octanol–water partition coefficient (Wildman–Crippen LogP) is 5.11. The van der Waals surface area contributed by atoms with Crippen molar-refractivity contribution in [1.82, 2.24) is 19.3 Å². The number of sulfonamides is 1. The van der Waals surface area contributed by atoms with E-state index in [9.17, 15) is 17.6 Å². The Morgan fingerprint density at radius 2 is 1.78 bits per heavy atom. The summed E-state index contributed by atoms with van der Waals surface area (Å²) in [5.74, 6) is -0.562. The lowest BCUT2D eigenvalue weighted by atomic mass is 10.1. The number of rotatable bonds is 10. The van der Waals surface area contributed by atoms with Gasteiger partial charge in [0.25, 0.3) is 15.6 Å². The molecule has 4 aromatic rings. The van der Waals surface area contributed by atoms with Gasteiger partial charge in [-0.1, -0.05) is 38.3 Å². The molecule has 0 aliphatic rings. The first-order valence-electron chi connectivity index (χ1n) is 12.8. The second kappa shape index (κ2) is 14.2. The Morgan fingerprint density at radius 1 is 1.05 bits per heavy atom. The van der Waals surface area contributed by atoms with Gasteiger partial charge in [-0.15, -0.1) is 0 Å². The summed E-state index contributed by atoms with van der Waals surface area (Å²) in [4.78, 5) is 23.1. The van der Waals surface area contributed by atoms with Gasteiger partial charge in [0.15, 0.2) is 0 Å². The van der Waals surface area contributed by atoms with E-state index in [1.165, 1.54) is 42.8 Å². The molecule has 1 aromatic carbocycles. The van der Waals surface area contributed by atoms with Crippen LogP contribution in [0.3, 0.4) is 0 Å². The largest absolute Gasteiger partial charge is 0.485 e. The molecule has 41 heavy (non-hydrogen) atoms. The molecule has 0 aliphatic heterocycles. The minimum Gasteiger partial charge on any atom is -0.485 e. The van der Waals surface area contributed by atoms with Crippen LogP contribution in [-0.4, -0.2) is 62.0 Å². The van der Waals surface area contributed by atoms with E-state index in [0.29, 0.717) is 29.9 Å². The van der Waals surface area contributed by atoms with Gasteiger partial charge >= 0.3 is 0 Å². The predicted molar refractivity (Wildman–Crippen MR) is 158 cm³/mol. The Morgan fingerprint density at radius 3 is 2.41 bits per heavy atom. The minimum absolute atomic E-state index is 0.00163. The molecule has 0 amide bonds. The Kier molecular flexibility index (Phi) is 11.0. The molecule has 0 saturated heterocycles. The lowest BCUT2D eigenvalue weighted by Crippen LogP contribution is -2.23. The highest BCUT2D eigenvalue weighted by molar-refractivity contribution is 7.92. The number of nitrogens with zero attached hydrogens (tertiary/aromatic N) is 4. The van der Waals surface area contributed by atoms with Crippen LogP contribution in [0.2, 0.25) is 5.02 Å². The Labute approximate surface area is 243 Å². The zero-order valence-corrected chi connectivity index (χ0v) is 25.1. The quantitative estimate of drug-likeness (QED) is 0.265. The van der Waals surface area contributed by atoms with E-state index in [-0.39, 0.29) is 32.8 Å². The first-order chi connectivity index (χ1) is 19.5. The standard InChI is InChI=1S/C24H23ClFN5O5S.C4H10/c1-30(2)8-9-36-20-13-27-22-7-4-15(14-31(22)24(20)32)16-10-19(23(35-3)28-12-16)29-37(33,34)21-6-5-17(26)11-18(21)25;1-3-4-2/h4-7,10-14,29H,8-9H2,1-3H3;3-4H2,1-2H3. The van der Waals surface area contributed by atoms with Gasteiger partial charge in [-0.05, 0) is 50.5 Å². The Bertz CT molecular complexity index is 1660. The second-order valence-electron chi connectivity index (χ2n) is 9.19. The Balaban J connectivity index is 0.00000108. The number of nitrogens with one attached hydrogen (secondary N) is 1. The van der Waals surface area contributed by atoms with Crippen LogP contribution in [-0.2, 0) is 10.0 Å². The van der Waals surface area contributed by atoms with Crippen molar-refractivity contribution >= 4 is 33.0 Å². The number of unbranched alkanes of at least 4 members (excludes halogenated alkanes) is 1. The molecule has 0 atom stereocenters. The number of fused-ring (bicyclic) bond motifs is 1. The highest BCUT2D eigenvalue weighted by Gasteiger charge is 2.21. The lowest BCUT2D eigenvalue weighted by molar-refractivity contribution is 0.257. The molecule has 4 rings (SSSR count). The van der Waals surface area contributed by atoms with Gasteiger partial charge in [0.2, 0.25) is 11.6 Å². The van der Waals surface area contributed by atoms with Gasteiger partial charge < -0.3 is 14.4 Å². The fourth-order valence-corrected chi connectivity index (χ4v) is 4.99. The monoisotopic (exact) mass is 605 g/mol. The maximum Gasteiger partial charge on any atom is 0.300 e. The third-order valence-electron chi connectivity index (χ3n) is 5.77. The molecule has 0 saturated carbocycles. The summed E-state index contributed by atoms with van der Waals surface area (Å²) < 4.78 is 53.9. The molecule has 3 heterocycles. The van der Waals surface area contributed by atoms with Crippen molar-refractivity contribution in [2.45, 2.75) is 31.6 Å². The van der Waals surface area contributed by atoms with E-state index >= 15 is 0 Å². The SMILES string of the molecule is CCCC.COc1ncc(-c2ccc3ncc(OCCN(C)C)c(=O)n3c2)cc1NS(=O)(=O)c1ccc(F)cc1Cl. The molecule has 0 unspecified atom stereocenters. The van der Waals surface area contributed by atoms with E-state index < -0.39 is 15.8 Å². The van der Waals surface area contributed by atoms with Crippen LogP contribution in [0, 0.1) is 5.82 Å². The summed E-state index contributed by atoms with van der Waals surface area (Å²) in [5, 5.41) is -0.277. The normalized spacial score (nSPS) is 11.2. The van der Waals surface area contributed by atoms with Crippen molar-refractivity contribution in [1.29, 1.82) is 0 Å². The first-order valence-corrected chi connectivity index (χ1v) is 14.7. The van der Waals surface area contributed by atoms with E-state index in [4.69, 9.17) is 21.1 Å². The summed E-state index contributed by atoms with van der Waals surface area (Å²) in [6.45, 7) is 5.31. The van der Waals surface area contributed by atoms with Gasteiger partial charge in [0.05, 0.1) is 18.3 Å². The molecule has 0 bridgehead atoms. The summed E-state index contributed by atoms with van der Waals surface area (Å²) in [7, 11) is 0.920. The smallest absolute Gasteiger partial charge is 0.300 e. The van der Waals surface area contributed by atoms with Crippen LogP contribution >= 0.6 is 11.6 Å². The van der Waals surface area contributed by atoms with Gasteiger partial charge in [-0.2, -0.15) is 0 Å². The number of aromatic nitrogens is 3. The van der Waals surface area contributed by atoms with Gasteiger partial charge in [0.1, 0.15) is 28.7 Å². The molecule has 3 aromatic heterocycles. The zero-order chi connectivity index (χ0) is 30.2. The molecule has 13 heteroatoms. The number of ether oxygens (including phenoxy) is 2. The van der Waals surface area contributed by atoms with Crippen molar-refractivity contribution < 1.29 is 22.3 Å². The highest BCUT2D eigenvalue weighted by atomic mass is 35.5. The average molecular weight is 606 g/mol. The van der Waals surface area contributed by atoms with Crippen molar-refractivity contribution in [3.05, 3.63) is 76.2 Å². The number of benzene rings is 1. The molecule has 10 nitrogen and oxygen atoms in total. The summed E-state index contributed by atoms with van der Waals surface area (Å²) in [6.07, 6.45) is 7.05. The number of anilines is 1. The summed E-state index contributed by atoms with van der Waals surface area (Å²) >= 11 is 5.95. The number of pyridine rings is 2. The topological polar surface area (TPSA) is 115 Å². The zero-order valence-electron chi connectivity index (χ0n) is 23.5. The van der Waals surface area contributed by atoms with E-state index in [2.05, 4.69) is 28.5 Å². The van der Waals surface area contributed by atoms with Gasteiger partial charge in [-0.25, -0.2) is 22.8 Å². The molecular weight excluding hydrogens is 573 g/mol. The second-order valence-corrected chi connectivity index (χ2v) is 11.2. The van der Waals surface area contributed by atoms with Crippen molar-refractivity contribution in [2.24, 2.45) is 0 Å². The number of hydrogen-bond acceptors (Lipinski definition) is 8. The molecule has 1 N–H and O–H groups in total. The molecule has 220 valence electrons. The van der Waals surface area contributed by atoms with E-state index in [1.54, 1.807) is 18.3 Å². The summed E-state index contributed by atoms with van der Waals surface area (Å²) in [6, 6.07) is 7.81. The van der Waals surface area contributed by atoms with Crippen LogP contribution in [0.1, 0.15) is 26.7 Å². The number of methoxy groups -OCH3 is 1. The van der Waals surface area contributed by atoms with Gasteiger partial charge in [-0.3, -0.25) is 13.9 Å².